The molecule has 0 fully saturated rings. The van der Waals surface area contributed by atoms with Crippen molar-refractivity contribution in [2.45, 2.75) is 27.2 Å². The highest BCUT2D eigenvalue weighted by Crippen LogP contribution is 2.22. The summed E-state index contributed by atoms with van der Waals surface area (Å²) in [6, 6.07) is 1.98. The Morgan fingerprint density at radius 1 is 1.28 bits per heavy atom. The molecule has 5 nitrogen and oxygen atoms in total. The lowest BCUT2D eigenvalue weighted by atomic mass is 10.2. The van der Waals surface area contributed by atoms with Crippen LogP contribution >= 0.6 is 0 Å². The maximum absolute atomic E-state index is 4.59. The van der Waals surface area contributed by atoms with Crippen LogP contribution in [-0.4, -0.2) is 26.3 Å². The first-order valence-corrected chi connectivity index (χ1v) is 6.26. The van der Waals surface area contributed by atoms with Crippen LogP contribution in [0.5, 0.6) is 0 Å². The summed E-state index contributed by atoms with van der Waals surface area (Å²) in [4.78, 5) is 9.05. The zero-order valence-corrected chi connectivity index (χ0v) is 11.4. The van der Waals surface area contributed by atoms with Crippen molar-refractivity contribution in [3.05, 3.63) is 23.7 Å². The van der Waals surface area contributed by atoms with Gasteiger partial charge in [0.1, 0.15) is 11.6 Å². The van der Waals surface area contributed by atoms with Crippen molar-refractivity contribution in [1.82, 2.24) is 19.7 Å². The van der Waals surface area contributed by atoms with E-state index in [2.05, 4.69) is 34.2 Å². The minimum absolute atomic E-state index is 0.823. The number of aryl methyl sites for hydroxylation is 3. The fourth-order valence-corrected chi connectivity index (χ4v) is 1.96. The van der Waals surface area contributed by atoms with Gasteiger partial charge in [-0.3, -0.25) is 4.68 Å². The smallest absolute Gasteiger partial charge is 0.131 e. The minimum Gasteiger partial charge on any atom is -0.370 e. The van der Waals surface area contributed by atoms with Crippen molar-refractivity contribution in [2.75, 3.05) is 11.9 Å². The molecule has 0 aliphatic heterocycles. The summed E-state index contributed by atoms with van der Waals surface area (Å²) < 4.78 is 1.85. The van der Waals surface area contributed by atoms with Crippen LogP contribution in [0.3, 0.4) is 0 Å². The van der Waals surface area contributed by atoms with E-state index in [9.17, 15) is 0 Å². The average Bonchev–Trinajstić information content (AvgIpc) is 2.69. The number of rotatable bonds is 4. The van der Waals surface area contributed by atoms with Crippen LogP contribution in [0.4, 0.5) is 5.82 Å². The van der Waals surface area contributed by atoms with Crippen LogP contribution < -0.4 is 5.32 Å². The Morgan fingerprint density at radius 2 is 2.06 bits per heavy atom. The standard InChI is InChI=1S/C13H19N5/c1-5-11-16-10(7-12(17-11)14-6-2)13-9(3)8-15-18(13)4/h7-8H,5-6H2,1-4H3,(H,14,16,17). The largest absolute Gasteiger partial charge is 0.370 e. The molecule has 1 N–H and O–H groups in total. The number of hydrogen-bond donors (Lipinski definition) is 1. The van der Waals surface area contributed by atoms with Gasteiger partial charge in [-0.15, -0.1) is 0 Å². The molecule has 18 heavy (non-hydrogen) atoms. The van der Waals surface area contributed by atoms with Gasteiger partial charge in [0.15, 0.2) is 0 Å². The van der Waals surface area contributed by atoms with Crippen molar-refractivity contribution < 1.29 is 0 Å². The quantitative estimate of drug-likeness (QED) is 0.897. The van der Waals surface area contributed by atoms with Crippen molar-refractivity contribution in [3.8, 4) is 11.4 Å². The Balaban J connectivity index is 2.53. The second-order valence-electron chi connectivity index (χ2n) is 4.24. The molecule has 0 bridgehead atoms. The Bertz CT molecular complexity index is 525. The predicted octanol–water partition coefficient (Wildman–Crippen LogP) is 2.18. The minimum atomic E-state index is 0.823. The van der Waals surface area contributed by atoms with Crippen molar-refractivity contribution in [1.29, 1.82) is 0 Å². The fraction of sp³-hybridized carbons (Fsp3) is 0.462. The first kappa shape index (κ1) is 12.5. The topological polar surface area (TPSA) is 55.6 Å². The van der Waals surface area contributed by atoms with Gasteiger partial charge < -0.3 is 5.32 Å². The molecule has 0 saturated heterocycles. The normalized spacial score (nSPS) is 10.7. The highest BCUT2D eigenvalue weighted by Gasteiger charge is 2.11. The van der Waals surface area contributed by atoms with Gasteiger partial charge in [0.05, 0.1) is 17.6 Å². The molecule has 96 valence electrons. The van der Waals surface area contributed by atoms with E-state index in [4.69, 9.17) is 0 Å². The molecule has 2 aromatic rings. The maximum Gasteiger partial charge on any atom is 0.131 e. The number of hydrogen-bond acceptors (Lipinski definition) is 4. The zero-order valence-electron chi connectivity index (χ0n) is 11.4. The van der Waals surface area contributed by atoms with E-state index in [1.807, 2.05) is 30.9 Å². The predicted molar refractivity (Wildman–Crippen MR) is 72.5 cm³/mol. The molecule has 0 atom stereocenters. The Hall–Kier alpha value is -1.91. The SMILES string of the molecule is CCNc1cc(-c2c(C)cnn2C)nc(CC)n1. The summed E-state index contributed by atoms with van der Waals surface area (Å²) in [5.74, 6) is 1.73. The molecule has 0 saturated carbocycles. The van der Waals surface area contributed by atoms with Gasteiger partial charge in [-0.1, -0.05) is 6.92 Å². The van der Waals surface area contributed by atoms with Crippen LogP contribution in [0.25, 0.3) is 11.4 Å². The van der Waals surface area contributed by atoms with Gasteiger partial charge in [-0.05, 0) is 19.4 Å². The summed E-state index contributed by atoms with van der Waals surface area (Å²) >= 11 is 0. The molecular formula is C13H19N5. The summed E-state index contributed by atoms with van der Waals surface area (Å²) in [5, 5.41) is 7.50. The Morgan fingerprint density at radius 3 is 2.61 bits per heavy atom. The third-order valence-electron chi connectivity index (χ3n) is 2.81. The van der Waals surface area contributed by atoms with Crippen molar-refractivity contribution >= 4 is 5.82 Å². The van der Waals surface area contributed by atoms with E-state index in [0.717, 1.165) is 41.6 Å². The van der Waals surface area contributed by atoms with E-state index in [1.165, 1.54) is 0 Å². The van der Waals surface area contributed by atoms with E-state index < -0.39 is 0 Å². The molecule has 0 radical (unpaired) electrons. The zero-order chi connectivity index (χ0) is 13.1. The second kappa shape index (κ2) is 5.16. The van der Waals surface area contributed by atoms with Gasteiger partial charge in [0.2, 0.25) is 0 Å². The number of aromatic nitrogens is 4. The van der Waals surface area contributed by atoms with Crippen LogP contribution in [0.1, 0.15) is 25.2 Å². The van der Waals surface area contributed by atoms with E-state index in [0.29, 0.717) is 0 Å². The molecule has 0 amide bonds. The Kier molecular flexibility index (Phi) is 3.60. The lowest BCUT2D eigenvalue weighted by Crippen LogP contribution is -2.05. The van der Waals surface area contributed by atoms with Crippen LogP contribution in [0.15, 0.2) is 12.3 Å². The third kappa shape index (κ3) is 2.34. The lowest BCUT2D eigenvalue weighted by Gasteiger charge is -2.09. The second-order valence-corrected chi connectivity index (χ2v) is 4.24. The number of nitrogens with zero attached hydrogens (tertiary/aromatic N) is 4. The highest BCUT2D eigenvalue weighted by molar-refractivity contribution is 5.62. The number of nitrogens with one attached hydrogen (secondary N) is 1. The van der Waals surface area contributed by atoms with Gasteiger partial charge in [0, 0.05) is 26.1 Å². The molecule has 2 rings (SSSR count). The molecule has 2 aromatic heterocycles. The average molecular weight is 245 g/mol. The molecular weight excluding hydrogens is 226 g/mol. The summed E-state index contributed by atoms with van der Waals surface area (Å²) in [7, 11) is 1.93. The van der Waals surface area contributed by atoms with E-state index in [1.54, 1.807) is 0 Å². The lowest BCUT2D eigenvalue weighted by molar-refractivity contribution is 0.771. The Labute approximate surface area is 107 Å². The van der Waals surface area contributed by atoms with Gasteiger partial charge >= 0.3 is 0 Å². The third-order valence-corrected chi connectivity index (χ3v) is 2.81. The maximum atomic E-state index is 4.59. The van der Waals surface area contributed by atoms with E-state index in [-0.39, 0.29) is 0 Å². The summed E-state index contributed by atoms with van der Waals surface area (Å²) in [5.41, 5.74) is 3.10. The molecule has 2 heterocycles. The molecule has 0 aliphatic carbocycles. The van der Waals surface area contributed by atoms with Gasteiger partial charge in [0.25, 0.3) is 0 Å². The monoisotopic (exact) mass is 245 g/mol. The molecule has 0 unspecified atom stereocenters. The first-order chi connectivity index (χ1) is 8.65. The molecule has 0 aliphatic rings. The number of anilines is 1. The summed E-state index contributed by atoms with van der Waals surface area (Å²) in [6.45, 7) is 7.01. The van der Waals surface area contributed by atoms with Gasteiger partial charge in [-0.25, -0.2) is 9.97 Å². The molecule has 0 aromatic carbocycles. The summed E-state index contributed by atoms with van der Waals surface area (Å²) in [6.07, 6.45) is 2.68. The van der Waals surface area contributed by atoms with Crippen LogP contribution in [0, 0.1) is 6.92 Å². The fourth-order valence-electron chi connectivity index (χ4n) is 1.96. The van der Waals surface area contributed by atoms with Gasteiger partial charge in [-0.2, -0.15) is 5.10 Å². The highest BCUT2D eigenvalue weighted by atomic mass is 15.3. The van der Waals surface area contributed by atoms with Crippen LogP contribution in [-0.2, 0) is 13.5 Å². The van der Waals surface area contributed by atoms with E-state index >= 15 is 0 Å². The van der Waals surface area contributed by atoms with Crippen molar-refractivity contribution in [2.24, 2.45) is 7.05 Å². The molecule has 5 heteroatoms. The van der Waals surface area contributed by atoms with Crippen molar-refractivity contribution in [3.63, 3.8) is 0 Å². The van der Waals surface area contributed by atoms with Crippen LogP contribution in [0.2, 0.25) is 0 Å². The molecule has 0 spiro atoms. The first-order valence-electron chi connectivity index (χ1n) is 6.26.